The van der Waals surface area contributed by atoms with E-state index in [-0.39, 0.29) is 35.0 Å². The second kappa shape index (κ2) is 5.20. The van der Waals surface area contributed by atoms with Crippen LogP contribution in [0.1, 0.15) is 29.6 Å². The molecule has 0 amide bonds. The van der Waals surface area contributed by atoms with Crippen molar-refractivity contribution in [3.63, 3.8) is 0 Å². The number of rotatable bonds is 3. The average Bonchev–Trinajstić information content (AvgIpc) is 2.89. The minimum absolute atomic E-state index is 0.00908. The summed E-state index contributed by atoms with van der Waals surface area (Å²) in [6, 6.07) is 1.15. The van der Waals surface area contributed by atoms with Gasteiger partial charge in [-0.15, -0.1) is 0 Å². The molecule has 0 aromatic carbocycles. The Balaban J connectivity index is 1.94. The topological polar surface area (TPSA) is 45.8 Å². The number of pyridine rings is 1. The minimum atomic E-state index is -0.979. The van der Waals surface area contributed by atoms with E-state index >= 15 is 0 Å². The molecule has 2 heterocycles. The summed E-state index contributed by atoms with van der Waals surface area (Å²) in [5, 5.41) is 0.0729. The Morgan fingerprint density at radius 1 is 1.33 bits per heavy atom. The SMILES string of the molecule is O=C(CC1=CCCC(F)=C1F)c1c[nH]c2nccc(F)c12. The predicted molar refractivity (Wildman–Crippen MR) is 71.6 cm³/mol. The zero-order valence-corrected chi connectivity index (χ0v) is 10.9. The van der Waals surface area contributed by atoms with E-state index in [1.165, 1.54) is 18.5 Å². The summed E-state index contributed by atoms with van der Waals surface area (Å²) in [6.45, 7) is 0. The fourth-order valence-corrected chi connectivity index (χ4v) is 2.40. The number of hydrogen-bond acceptors (Lipinski definition) is 2. The molecule has 21 heavy (non-hydrogen) atoms. The average molecular weight is 292 g/mol. The van der Waals surface area contributed by atoms with Crippen LogP contribution in [0.3, 0.4) is 0 Å². The number of fused-ring (bicyclic) bond motifs is 1. The predicted octanol–water partition coefficient (Wildman–Crippen LogP) is 4.15. The second-order valence-electron chi connectivity index (χ2n) is 4.81. The Bertz CT molecular complexity index is 789. The number of aromatic amines is 1. The van der Waals surface area contributed by atoms with Gasteiger partial charge >= 0.3 is 0 Å². The van der Waals surface area contributed by atoms with E-state index in [4.69, 9.17) is 0 Å². The molecule has 0 unspecified atom stereocenters. The molecule has 1 aliphatic carbocycles. The summed E-state index contributed by atoms with van der Waals surface area (Å²) < 4.78 is 40.6. The highest BCUT2D eigenvalue weighted by atomic mass is 19.2. The fourth-order valence-electron chi connectivity index (χ4n) is 2.40. The van der Waals surface area contributed by atoms with Gasteiger partial charge in [-0.05, 0) is 18.1 Å². The van der Waals surface area contributed by atoms with E-state index in [1.807, 2.05) is 0 Å². The van der Waals surface area contributed by atoms with Gasteiger partial charge in [0.25, 0.3) is 0 Å². The van der Waals surface area contributed by atoms with Gasteiger partial charge in [0.05, 0.1) is 5.39 Å². The smallest absolute Gasteiger partial charge is 0.169 e. The Morgan fingerprint density at radius 3 is 2.95 bits per heavy atom. The van der Waals surface area contributed by atoms with Gasteiger partial charge in [0.15, 0.2) is 11.6 Å². The molecule has 1 aliphatic rings. The highest BCUT2D eigenvalue weighted by molar-refractivity contribution is 6.08. The first-order chi connectivity index (χ1) is 10.1. The van der Waals surface area contributed by atoms with Crippen LogP contribution in [-0.2, 0) is 0 Å². The number of nitrogens with zero attached hydrogens (tertiary/aromatic N) is 1. The van der Waals surface area contributed by atoms with Crippen molar-refractivity contribution in [1.29, 1.82) is 0 Å². The van der Waals surface area contributed by atoms with Crippen LogP contribution in [0.2, 0.25) is 0 Å². The zero-order valence-electron chi connectivity index (χ0n) is 10.9. The molecule has 0 saturated heterocycles. The summed E-state index contributed by atoms with van der Waals surface area (Å²) in [7, 11) is 0. The fraction of sp³-hybridized carbons (Fsp3) is 0.200. The van der Waals surface area contributed by atoms with Crippen LogP contribution >= 0.6 is 0 Å². The Kier molecular flexibility index (Phi) is 3.37. The van der Waals surface area contributed by atoms with E-state index in [0.29, 0.717) is 6.42 Å². The van der Waals surface area contributed by atoms with Crippen molar-refractivity contribution in [3.8, 4) is 0 Å². The van der Waals surface area contributed by atoms with Gasteiger partial charge in [-0.1, -0.05) is 6.08 Å². The maximum Gasteiger partial charge on any atom is 0.169 e. The summed E-state index contributed by atoms with van der Waals surface area (Å²) in [6.07, 6.45) is 4.18. The number of aromatic nitrogens is 2. The molecule has 3 rings (SSSR count). The van der Waals surface area contributed by atoms with Crippen molar-refractivity contribution in [2.45, 2.75) is 19.3 Å². The van der Waals surface area contributed by atoms with Crippen LogP contribution in [0.5, 0.6) is 0 Å². The van der Waals surface area contributed by atoms with Crippen LogP contribution in [0.15, 0.2) is 41.8 Å². The van der Waals surface area contributed by atoms with Crippen LogP contribution in [0, 0.1) is 5.82 Å². The lowest BCUT2D eigenvalue weighted by atomic mass is 9.97. The normalized spacial score (nSPS) is 15.5. The number of ketones is 1. The highest BCUT2D eigenvalue weighted by Crippen LogP contribution is 2.31. The zero-order chi connectivity index (χ0) is 15.0. The number of carbonyl (C=O) groups is 1. The van der Waals surface area contributed by atoms with E-state index in [0.717, 1.165) is 6.07 Å². The second-order valence-corrected chi connectivity index (χ2v) is 4.81. The lowest BCUT2D eigenvalue weighted by molar-refractivity contribution is 0.0993. The molecule has 0 spiro atoms. The van der Waals surface area contributed by atoms with E-state index < -0.39 is 23.3 Å². The number of hydrogen-bond donors (Lipinski definition) is 1. The quantitative estimate of drug-likeness (QED) is 0.864. The lowest BCUT2D eigenvalue weighted by Crippen LogP contribution is -2.04. The van der Waals surface area contributed by atoms with E-state index in [9.17, 15) is 18.0 Å². The van der Waals surface area contributed by atoms with Gasteiger partial charge in [0.2, 0.25) is 0 Å². The van der Waals surface area contributed by atoms with E-state index in [1.54, 1.807) is 0 Å². The Labute approximate surface area is 118 Å². The molecule has 0 atom stereocenters. The first-order valence-corrected chi connectivity index (χ1v) is 6.46. The van der Waals surface area contributed by atoms with Crippen LogP contribution in [-0.4, -0.2) is 15.8 Å². The highest BCUT2D eigenvalue weighted by Gasteiger charge is 2.22. The standard InChI is InChI=1S/C15H11F3N2O/c16-10-4-5-19-15-13(10)9(7-20-15)12(21)6-8-2-1-3-11(17)14(8)18/h2,4-5,7H,1,3,6H2,(H,19,20). The van der Waals surface area contributed by atoms with Crippen molar-refractivity contribution in [2.75, 3.05) is 0 Å². The molecule has 0 radical (unpaired) electrons. The van der Waals surface area contributed by atoms with Crippen molar-refractivity contribution >= 4 is 16.8 Å². The Hall–Kier alpha value is -2.37. The van der Waals surface area contributed by atoms with Crippen LogP contribution in [0.4, 0.5) is 13.2 Å². The van der Waals surface area contributed by atoms with Gasteiger partial charge in [-0.3, -0.25) is 4.79 Å². The monoisotopic (exact) mass is 292 g/mol. The maximum atomic E-state index is 13.8. The van der Waals surface area contributed by atoms with Gasteiger partial charge in [0.1, 0.15) is 17.3 Å². The van der Waals surface area contributed by atoms with Crippen molar-refractivity contribution < 1.29 is 18.0 Å². The third kappa shape index (κ3) is 2.37. The molecule has 3 nitrogen and oxygen atoms in total. The summed E-state index contributed by atoms with van der Waals surface area (Å²) >= 11 is 0. The maximum absolute atomic E-state index is 13.8. The summed E-state index contributed by atoms with van der Waals surface area (Å²) in [5.74, 6) is -2.88. The van der Waals surface area contributed by atoms with Gasteiger partial charge in [0, 0.05) is 30.8 Å². The first-order valence-electron chi connectivity index (χ1n) is 6.46. The molecular weight excluding hydrogens is 281 g/mol. The number of H-pyrrole nitrogens is 1. The molecule has 2 aromatic rings. The largest absolute Gasteiger partial charge is 0.345 e. The molecule has 0 saturated carbocycles. The van der Waals surface area contributed by atoms with Gasteiger partial charge in [-0.25, -0.2) is 18.2 Å². The number of nitrogens with one attached hydrogen (secondary N) is 1. The van der Waals surface area contributed by atoms with Crippen LogP contribution in [0.25, 0.3) is 11.0 Å². The van der Waals surface area contributed by atoms with Crippen molar-refractivity contribution in [1.82, 2.24) is 9.97 Å². The molecule has 108 valence electrons. The molecule has 0 aliphatic heterocycles. The minimum Gasteiger partial charge on any atom is -0.345 e. The molecule has 2 aromatic heterocycles. The number of Topliss-reactive ketones (excluding diaryl/α,β-unsaturated/α-hetero) is 1. The van der Waals surface area contributed by atoms with Gasteiger partial charge in [-0.2, -0.15) is 0 Å². The third-order valence-electron chi connectivity index (χ3n) is 3.45. The van der Waals surface area contributed by atoms with Crippen LogP contribution < -0.4 is 0 Å². The number of allylic oxidation sites excluding steroid dienone is 4. The van der Waals surface area contributed by atoms with Crippen molar-refractivity contribution in [2.24, 2.45) is 0 Å². The number of carbonyl (C=O) groups excluding carboxylic acids is 1. The van der Waals surface area contributed by atoms with Crippen molar-refractivity contribution in [3.05, 3.63) is 53.1 Å². The summed E-state index contributed by atoms with van der Waals surface area (Å²) in [4.78, 5) is 18.8. The van der Waals surface area contributed by atoms with Gasteiger partial charge < -0.3 is 4.98 Å². The third-order valence-corrected chi connectivity index (χ3v) is 3.45. The molecule has 0 fully saturated rings. The first kappa shape index (κ1) is 13.6. The Morgan fingerprint density at radius 2 is 2.14 bits per heavy atom. The molecular formula is C15H11F3N2O. The number of halogens is 3. The summed E-state index contributed by atoms with van der Waals surface area (Å²) in [5.41, 5.74) is 0.357. The molecule has 0 bridgehead atoms. The molecule has 6 heteroatoms. The lowest BCUT2D eigenvalue weighted by Gasteiger charge is -2.10. The molecule has 1 N–H and O–H groups in total. The van der Waals surface area contributed by atoms with E-state index in [2.05, 4.69) is 9.97 Å².